The molecule has 0 saturated heterocycles. The highest BCUT2D eigenvalue weighted by molar-refractivity contribution is 5.92. The lowest BCUT2D eigenvalue weighted by Crippen LogP contribution is -2.15. The lowest BCUT2D eigenvalue weighted by atomic mass is 10.2. The number of hydrogen-bond donors (Lipinski definition) is 2. The number of hydrogen-bond acceptors (Lipinski definition) is 4. The van der Waals surface area contributed by atoms with Crippen molar-refractivity contribution >= 4 is 11.6 Å². The van der Waals surface area contributed by atoms with Crippen molar-refractivity contribution in [1.29, 1.82) is 0 Å². The summed E-state index contributed by atoms with van der Waals surface area (Å²) in [6.45, 7) is 2.48. The third-order valence-electron chi connectivity index (χ3n) is 3.97. The Hall–Kier alpha value is -2.99. The van der Waals surface area contributed by atoms with Gasteiger partial charge in [-0.05, 0) is 30.2 Å². The number of carbonyl (C=O) groups is 1. The molecule has 128 valence electrons. The molecule has 0 radical (unpaired) electrons. The molecule has 0 aliphatic heterocycles. The highest BCUT2D eigenvalue weighted by atomic mass is 16.3. The third-order valence-corrected chi connectivity index (χ3v) is 3.97. The molecular weight excluding hydrogens is 316 g/mol. The average Bonchev–Trinajstić information content (AvgIpc) is 2.96. The molecule has 3 aromatic rings. The smallest absolute Gasteiger partial charge is 0.230 e. The summed E-state index contributed by atoms with van der Waals surface area (Å²) in [6, 6.07) is 17.1. The first-order valence-electron chi connectivity index (χ1n) is 8.08. The Kier molecular flexibility index (Phi) is 5.20. The highest BCUT2D eigenvalue weighted by Gasteiger charge is 2.13. The van der Waals surface area contributed by atoms with Gasteiger partial charge in [-0.15, -0.1) is 5.10 Å². The van der Waals surface area contributed by atoms with Gasteiger partial charge < -0.3 is 10.4 Å². The van der Waals surface area contributed by atoms with Gasteiger partial charge in [0, 0.05) is 5.69 Å². The van der Waals surface area contributed by atoms with E-state index >= 15 is 0 Å². The molecule has 1 heterocycles. The van der Waals surface area contributed by atoms with Crippen molar-refractivity contribution in [3.63, 3.8) is 0 Å². The van der Waals surface area contributed by atoms with Crippen LogP contribution in [0.5, 0.6) is 0 Å². The maximum atomic E-state index is 12.3. The summed E-state index contributed by atoms with van der Waals surface area (Å²) in [5, 5.41) is 20.3. The molecule has 25 heavy (non-hydrogen) atoms. The fourth-order valence-electron chi connectivity index (χ4n) is 2.57. The molecule has 1 aromatic heterocycles. The lowest BCUT2D eigenvalue weighted by Gasteiger charge is -2.06. The molecule has 0 atom stereocenters. The molecule has 2 aromatic carbocycles. The zero-order valence-electron chi connectivity index (χ0n) is 14.0. The third kappa shape index (κ3) is 4.30. The molecule has 0 saturated carbocycles. The monoisotopic (exact) mass is 336 g/mol. The van der Waals surface area contributed by atoms with Gasteiger partial charge in [0.05, 0.1) is 31.0 Å². The summed E-state index contributed by atoms with van der Waals surface area (Å²) in [6.07, 6.45) is 0.157. The Labute approximate surface area is 146 Å². The van der Waals surface area contributed by atoms with Crippen molar-refractivity contribution in [1.82, 2.24) is 15.0 Å². The fourth-order valence-corrected chi connectivity index (χ4v) is 2.57. The van der Waals surface area contributed by atoms with Gasteiger partial charge in [0.1, 0.15) is 0 Å². The van der Waals surface area contributed by atoms with Crippen LogP contribution in [0.15, 0.2) is 54.6 Å². The van der Waals surface area contributed by atoms with Crippen LogP contribution in [0.2, 0.25) is 0 Å². The van der Waals surface area contributed by atoms with E-state index in [4.69, 9.17) is 5.11 Å². The quantitative estimate of drug-likeness (QED) is 0.724. The van der Waals surface area contributed by atoms with Crippen molar-refractivity contribution in [3.05, 3.63) is 77.1 Å². The molecular formula is C19H20N4O2. The molecule has 0 bridgehead atoms. The van der Waals surface area contributed by atoms with Gasteiger partial charge >= 0.3 is 0 Å². The van der Waals surface area contributed by atoms with Crippen LogP contribution in [-0.2, 0) is 24.4 Å². The van der Waals surface area contributed by atoms with Gasteiger partial charge in [0.25, 0.3) is 0 Å². The minimum atomic E-state index is -0.162. The van der Waals surface area contributed by atoms with Crippen LogP contribution in [0, 0.1) is 6.92 Å². The number of amides is 1. The Morgan fingerprint density at radius 1 is 1.12 bits per heavy atom. The average molecular weight is 336 g/mol. The van der Waals surface area contributed by atoms with Gasteiger partial charge in [-0.25, -0.2) is 4.68 Å². The van der Waals surface area contributed by atoms with Crippen molar-refractivity contribution in [2.75, 3.05) is 5.32 Å². The van der Waals surface area contributed by atoms with Crippen LogP contribution in [-0.4, -0.2) is 26.0 Å². The molecule has 0 aliphatic rings. The van der Waals surface area contributed by atoms with Crippen LogP contribution in [0.1, 0.15) is 22.5 Å². The van der Waals surface area contributed by atoms with Gasteiger partial charge in [-0.2, -0.15) is 0 Å². The van der Waals surface area contributed by atoms with E-state index in [2.05, 4.69) is 15.6 Å². The molecule has 0 fully saturated rings. The standard InChI is InChI=1S/C19H20N4O2/c1-14-18(21-22-23(14)12-15-6-3-2-4-7-15)11-19(25)20-17-9-5-8-16(10-17)13-24/h2-10,24H,11-13H2,1H3,(H,20,25). The molecule has 6 heteroatoms. The molecule has 6 nitrogen and oxygen atoms in total. The zero-order chi connectivity index (χ0) is 17.6. The first-order chi connectivity index (χ1) is 12.2. The Balaban J connectivity index is 1.65. The van der Waals surface area contributed by atoms with Crippen molar-refractivity contribution < 1.29 is 9.90 Å². The van der Waals surface area contributed by atoms with E-state index in [-0.39, 0.29) is 18.9 Å². The SMILES string of the molecule is Cc1c(CC(=O)Nc2cccc(CO)c2)nnn1Cc1ccccc1. The summed E-state index contributed by atoms with van der Waals surface area (Å²) in [5.74, 6) is -0.162. The first-order valence-corrected chi connectivity index (χ1v) is 8.08. The van der Waals surface area contributed by atoms with Crippen molar-refractivity contribution in [2.24, 2.45) is 0 Å². The molecule has 1 amide bonds. The highest BCUT2D eigenvalue weighted by Crippen LogP contribution is 2.13. The molecule has 3 rings (SSSR count). The number of nitrogens with one attached hydrogen (secondary N) is 1. The number of nitrogens with zero attached hydrogens (tertiary/aromatic N) is 3. The topological polar surface area (TPSA) is 80.0 Å². The lowest BCUT2D eigenvalue weighted by molar-refractivity contribution is -0.115. The van der Waals surface area contributed by atoms with Crippen LogP contribution >= 0.6 is 0 Å². The predicted molar refractivity (Wildman–Crippen MR) is 95.0 cm³/mol. The fraction of sp³-hybridized carbons (Fsp3) is 0.211. The molecule has 0 spiro atoms. The molecule has 0 unspecified atom stereocenters. The van der Waals surface area contributed by atoms with E-state index < -0.39 is 0 Å². The summed E-state index contributed by atoms with van der Waals surface area (Å²) in [4.78, 5) is 12.3. The van der Waals surface area contributed by atoms with Crippen LogP contribution < -0.4 is 5.32 Å². The number of aromatic nitrogens is 3. The van der Waals surface area contributed by atoms with Crippen LogP contribution in [0.3, 0.4) is 0 Å². The Morgan fingerprint density at radius 3 is 2.64 bits per heavy atom. The van der Waals surface area contributed by atoms with E-state index in [9.17, 15) is 4.79 Å². The summed E-state index contributed by atoms with van der Waals surface area (Å²) in [7, 11) is 0. The van der Waals surface area contributed by atoms with Gasteiger partial charge in [0.2, 0.25) is 5.91 Å². The van der Waals surface area contributed by atoms with E-state index in [0.717, 1.165) is 16.8 Å². The maximum Gasteiger partial charge on any atom is 0.230 e. The van der Waals surface area contributed by atoms with E-state index in [0.29, 0.717) is 17.9 Å². The first kappa shape index (κ1) is 16.9. The van der Waals surface area contributed by atoms with Gasteiger partial charge in [0.15, 0.2) is 0 Å². The second-order valence-electron chi connectivity index (χ2n) is 5.85. The second-order valence-corrected chi connectivity index (χ2v) is 5.85. The zero-order valence-corrected chi connectivity index (χ0v) is 14.0. The van der Waals surface area contributed by atoms with Crippen molar-refractivity contribution in [3.8, 4) is 0 Å². The van der Waals surface area contributed by atoms with E-state index in [1.165, 1.54) is 0 Å². The molecule has 0 aliphatic carbocycles. The summed E-state index contributed by atoms with van der Waals surface area (Å²) < 4.78 is 1.80. The summed E-state index contributed by atoms with van der Waals surface area (Å²) in [5.41, 5.74) is 4.08. The number of aliphatic hydroxyl groups is 1. The molecule has 2 N–H and O–H groups in total. The number of rotatable bonds is 6. The normalized spacial score (nSPS) is 10.6. The largest absolute Gasteiger partial charge is 0.392 e. The minimum Gasteiger partial charge on any atom is -0.392 e. The van der Waals surface area contributed by atoms with Gasteiger partial charge in [-0.3, -0.25) is 4.79 Å². The van der Waals surface area contributed by atoms with Crippen molar-refractivity contribution in [2.45, 2.75) is 26.5 Å². The Morgan fingerprint density at radius 2 is 1.88 bits per heavy atom. The number of aliphatic hydroxyl groups excluding tert-OH is 1. The van der Waals surface area contributed by atoms with Gasteiger partial charge in [-0.1, -0.05) is 47.7 Å². The predicted octanol–water partition coefficient (Wildman–Crippen LogP) is 2.31. The number of benzene rings is 2. The van der Waals surface area contributed by atoms with Crippen LogP contribution in [0.25, 0.3) is 0 Å². The Bertz CT molecular complexity index is 859. The second kappa shape index (κ2) is 7.72. The number of anilines is 1. The van der Waals surface area contributed by atoms with Crippen LogP contribution in [0.4, 0.5) is 5.69 Å². The number of carbonyl (C=O) groups excluding carboxylic acids is 1. The van der Waals surface area contributed by atoms with E-state index in [1.54, 1.807) is 28.9 Å². The van der Waals surface area contributed by atoms with E-state index in [1.807, 2.05) is 37.3 Å². The maximum absolute atomic E-state index is 12.3. The summed E-state index contributed by atoms with van der Waals surface area (Å²) >= 11 is 0. The minimum absolute atomic E-state index is 0.0589.